The molecule has 0 bridgehead atoms. The van der Waals surface area contributed by atoms with Gasteiger partial charge in [-0.1, -0.05) is 23.7 Å². The van der Waals surface area contributed by atoms with Crippen LogP contribution >= 0.6 is 11.6 Å². The Morgan fingerprint density at radius 1 is 1.24 bits per heavy atom. The second kappa shape index (κ2) is 10.3. The minimum Gasteiger partial charge on any atom is -0.444 e. The molecule has 0 saturated carbocycles. The van der Waals surface area contributed by atoms with Gasteiger partial charge in [0.1, 0.15) is 12.1 Å². The van der Waals surface area contributed by atoms with E-state index in [0.717, 1.165) is 5.56 Å². The molecule has 1 aromatic carbocycles. The molecule has 1 aromatic rings. The average Bonchev–Trinajstić information content (AvgIpc) is 2.64. The number of rotatable bonds is 5. The van der Waals surface area contributed by atoms with E-state index < -0.39 is 11.7 Å². The monoisotopic (exact) mass is 421 g/mol. The van der Waals surface area contributed by atoms with Crippen molar-refractivity contribution in [2.75, 3.05) is 19.6 Å². The lowest BCUT2D eigenvalue weighted by molar-refractivity contribution is -0.131. The van der Waals surface area contributed by atoms with Crippen LogP contribution in [0.25, 0.3) is 6.08 Å². The zero-order valence-corrected chi connectivity index (χ0v) is 17.8. The van der Waals surface area contributed by atoms with Crippen molar-refractivity contribution in [2.45, 2.75) is 45.3 Å². The van der Waals surface area contributed by atoms with Crippen molar-refractivity contribution in [3.8, 4) is 0 Å². The maximum Gasteiger partial charge on any atom is 0.408 e. The SMILES string of the molecule is CC(C)(C)OC(=O)NCC(=O)N1CCC(NC(=O)/C=C/c2cccc(Cl)c2)CC1. The molecular formula is C21H28ClN3O4. The number of likely N-dealkylation sites (tertiary alicyclic amines) is 1. The van der Waals surface area contributed by atoms with Gasteiger partial charge in [0.2, 0.25) is 11.8 Å². The number of alkyl carbamates (subject to hydrolysis) is 1. The summed E-state index contributed by atoms with van der Waals surface area (Å²) in [6.07, 6.45) is 3.90. The number of hydrogen-bond donors (Lipinski definition) is 2. The Morgan fingerprint density at radius 3 is 2.55 bits per heavy atom. The molecule has 0 radical (unpaired) electrons. The fraction of sp³-hybridized carbons (Fsp3) is 0.476. The topological polar surface area (TPSA) is 87.7 Å². The molecule has 2 rings (SSSR count). The van der Waals surface area contributed by atoms with Gasteiger partial charge in [-0.15, -0.1) is 0 Å². The summed E-state index contributed by atoms with van der Waals surface area (Å²) in [5.74, 6) is -0.345. The first-order chi connectivity index (χ1) is 13.6. The normalized spacial score (nSPS) is 15.2. The van der Waals surface area contributed by atoms with Gasteiger partial charge in [0.05, 0.1) is 0 Å². The first-order valence-corrected chi connectivity index (χ1v) is 9.99. The van der Waals surface area contributed by atoms with Crippen LogP contribution in [0.5, 0.6) is 0 Å². The third-order valence-corrected chi connectivity index (χ3v) is 4.49. The van der Waals surface area contributed by atoms with Crippen LogP contribution in [0.2, 0.25) is 5.02 Å². The maximum absolute atomic E-state index is 12.2. The van der Waals surface area contributed by atoms with Crippen LogP contribution in [0.1, 0.15) is 39.2 Å². The van der Waals surface area contributed by atoms with E-state index in [1.54, 1.807) is 43.9 Å². The molecule has 0 atom stereocenters. The standard InChI is InChI=1S/C21H28ClN3O4/c1-21(2,3)29-20(28)23-14-19(27)25-11-9-17(10-12-25)24-18(26)8-7-15-5-4-6-16(22)13-15/h4-8,13,17H,9-12,14H2,1-3H3,(H,23,28)(H,24,26)/b8-7+. The van der Waals surface area contributed by atoms with E-state index in [0.29, 0.717) is 31.0 Å². The van der Waals surface area contributed by atoms with Crippen molar-refractivity contribution >= 4 is 35.6 Å². The summed E-state index contributed by atoms with van der Waals surface area (Å²) in [5, 5.41) is 6.04. The second-order valence-corrected chi connectivity index (χ2v) is 8.34. The number of nitrogens with zero attached hydrogens (tertiary/aromatic N) is 1. The molecule has 0 aliphatic carbocycles. The van der Waals surface area contributed by atoms with Gasteiger partial charge < -0.3 is 20.3 Å². The predicted octanol–water partition coefficient (Wildman–Crippen LogP) is 2.99. The van der Waals surface area contributed by atoms with E-state index >= 15 is 0 Å². The smallest absolute Gasteiger partial charge is 0.408 e. The number of piperidine rings is 1. The molecule has 1 saturated heterocycles. The molecule has 158 valence electrons. The van der Waals surface area contributed by atoms with E-state index in [4.69, 9.17) is 16.3 Å². The van der Waals surface area contributed by atoms with Crippen LogP contribution in [0.3, 0.4) is 0 Å². The highest BCUT2D eigenvalue weighted by atomic mass is 35.5. The third-order valence-electron chi connectivity index (χ3n) is 4.25. The molecule has 2 N–H and O–H groups in total. The van der Waals surface area contributed by atoms with Crippen molar-refractivity contribution in [3.05, 3.63) is 40.9 Å². The Labute approximate surface area is 176 Å². The van der Waals surface area contributed by atoms with Gasteiger partial charge >= 0.3 is 6.09 Å². The molecule has 1 aliphatic rings. The minimum absolute atomic E-state index is 0.00868. The molecule has 8 heteroatoms. The summed E-state index contributed by atoms with van der Waals surface area (Å²) in [7, 11) is 0. The van der Waals surface area contributed by atoms with Crippen molar-refractivity contribution in [1.29, 1.82) is 0 Å². The van der Waals surface area contributed by atoms with Crippen LogP contribution < -0.4 is 10.6 Å². The van der Waals surface area contributed by atoms with Gasteiger partial charge in [-0.2, -0.15) is 0 Å². The van der Waals surface area contributed by atoms with Crippen LogP contribution in [-0.4, -0.2) is 54.1 Å². The summed E-state index contributed by atoms with van der Waals surface area (Å²) in [5.41, 5.74) is 0.246. The van der Waals surface area contributed by atoms with Crippen LogP contribution in [0, 0.1) is 0 Å². The maximum atomic E-state index is 12.2. The molecule has 29 heavy (non-hydrogen) atoms. The first-order valence-electron chi connectivity index (χ1n) is 9.61. The number of carbonyl (C=O) groups excluding carboxylic acids is 3. The van der Waals surface area contributed by atoms with E-state index in [-0.39, 0.29) is 24.4 Å². The number of ether oxygens (including phenoxy) is 1. The van der Waals surface area contributed by atoms with E-state index in [9.17, 15) is 14.4 Å². The van der Waals surface area contributed by atoms with Gasteiger partial charge in [0.25, 0.3) is 0 Å². The van der Waals surface area contributed by atoms with Crippen molar-refractivity contribution in [3.63, 3.8) is 0 Å². The summed E-state index contributed by atoms with van der Waals surface area (Å²) < 4.78 is 5.12. The Morgan fingerprint density at radius 2 is 1.93 bits per heavy atom. The van der Waals surface area contributed by atoms with Gasteiger partial charge in [0, 0.05) is 30.2 Å². The summed E-state index contributed by atoms with van der Waals surface area (Å²) >= 11 is 5.93. The highest BCUT2D eigenvalue weighted by Gasteiger charge is 2.24. The molecule has 0 aromatic heterocycles. The Kier molecular flexibility index (Phi) is 8.08. The fourth-order valence-corrected chi connectivity index (χ4v) is 3.08. The second-order valence-electron chi connectivity index (χ2n) is 7.91. The van der Waals surface area contributed by atoms with Crippen LogP contribution in [0.4, 0.5) is 4.79 Å². The highest BCUT2D eigenvalue weighted by molar-refractivity contribution is 6.30. The Balaban J connectivity index is 1.71. The van der Waals surface area contributed by atoms with Gasteiger partial charge in [-0.3, -0.25) is 9.59 Å². The number of nitrogens with one attached hydrogen (secondary N) is 2. The Bertz CT molecular complexity index is 765. The zero-order valence-electron chi connectivity index (χ0n) is 17.0. The molecule has 7 nitrogen and oxygen atoms in total. The fourth-order valence-electron chi connectivity index (χ4n) is 2.88. The third kappa shape index (κ3) is 8.56. The van der Waals surface area contributed by atoms with Crippen molar-refractivity contribution in [2.24, 2.45) is 0 Å². The number of hydrogen-bond acceptors (Lipinski definition) is 4. The molecule has 3 amide bonds. The van der Waals surface area contributed by atoms with Crippen LogP contribution in [0.15, 0.2) is 30.3 Å². The Hall–Kier alpha value is -2.54. The minimum atomic E-state index is -0.612. The molecular weight excluding hydrogens is 394 g/mol. The van der Waals surface area contributed by atoms with Crippen molar-refractivity contribution < 1.29 is 19.1 Å². The summed E-state index contributed by atoms with van der Waals surface area (Å²) in [6, 6.07) is 7.25. The largest absolute Gasteiger partial charge is 0.444 e. The molecule has 0 unspecified atom stereocenters. The van der Waals surface area contributed by atoms with E-state index in [1.807, 2.05) is 12.1 Å². The number of benzene rings is 1. The molecule has 0 spiro atoms. The quantitative estimate of drug-likeness (QED) is 0.715. The van der Waals surface area contributed by atoms with Crippen molar-refractivity contribution in [1.82, 2.24) is 15.5 Å². The summed E-state index contributed by atoms with van der Waals surface area (Å²) in [4.78, 5) is 37.7. The lowest BCUT2D eigenvalue weighted by Gasteiger charge is -2.32. The van der Waals surface area contributed by atoms with Gasteiger partial charge in [0.15, 0.2) is 0 Å². The predicted molar refractivity (Wildman–Crippen MR) is 112 cm³/mol. The number of carbonyl (C=O) groups is 3. The van der Waals surface area contributed by atoms with Gasteiger partial charge in [-0.25, -0.2) is 4.79 Å². The van der Waals surface area contributed by atoms with E-state index in [1.165, 1.54) is 6.08 Å². The lowest BCUT2D eigenvalue weighted by atomic mass is 10.0. The van der Waals surface area contributed by atoms with Gasteiger partial charge in [-0.05, 0) is 57.4 Å². The molecule has 1 fully saturated rings. The molecule has 1 heterocycles. The summed E-state index contributed by atoms with van der Waals surface area (Å²) in [6.45, 7) is 6.23. The first kappa shape index (κ1) is 22.7. The highest BCUT2D eigenvalue weighted by Crippen LogP contribution is 2.13. The average molecular weight is 422 g/mol. The van der Waals surface area contributed by atoms with E-state index in [2.05, 4.69) is 10.6 Å². The molecule has 1 aliphatic heterocycles. The number of amides is 3. The number of halogens is 1. The lowest BCUT2D eigenvalue weighted by Crippen LogP contribution is -2.49. The van der Waals surface area contributed by atoms with Crippen LogP contribution in [-0.2, 0) is 14.3 Å². The zero-order chi connectivity index (χ0) is 21.4.